The Morgan fingerprint density at radius 3 is 2.42 bits per heavy atom. The number of ketones is 1. The quantitative estimate of drug-likeness (QED) is 0.726. The van der Waals surface area contributed by atoms with Crippen molar-refractivity contribution in [3.63, 3.8) is 0 Å². The van der Waals surface area contributed by atoms with E-state index in [1.54, 1.807) is 6.92 Å². The van der Waals surface area contributed by atoms with Gasteiger partial charge in [0.15, 0.2) is 11.9 Å². The lowest BCUT2D eigenvalue weighted by Gasteiger charge is -2.41. The number of cyclic esters (lactones) is 1. The number of hydrogen-bond donors (Lipinski definition) is 2. The highest BCUT2D eigenvalue weighted by Crippen LogP contribution is 2.49. The minimum absolute atomic E-state index is 0.0393. The fraction of sp³-hybridized carbons (Fsp3) is 0.579. The molecule has 0 aromatic carbocycles. The molecule has 3 atom stereocenters. The molecule has 3 rings (SSSR count). The minimum atomic E-state index is -1.48. The second kappa shape index (κ2) is 5.96. The number of aliphatic hydroxyl groups is 2. The summed E-state index contributed by atoms with van der Waals surface area (Å²) in [7, 11) is 0. The topological polar surface area (TPSA) is 102 Å². The van der Waals surface area contributed by atoms with Crippen molar-refractivity contribution in [3.8, 4) is 0 Å². The van der Waals surface area contributed by atoms with Crippen molar-refractivity contribution in [2.24, 2.45) is 5.41 Å². The number of esters is 1. The molecule has 0 amide bonds. The summed E-state index contributed by atoms with van der Waals surface area (Å²) in [6.07, 6.45) is 0.239. The van der Waals surface area contributed by atoms with Crippen LogP contribution in [0.1, 0.15) is 41.0 Å². The monoisotopic (exact) mass is 364 g/mol. The van der Waals surface area contributed by atoms with Crippen LogP contribution in [0.3, 0.4) is 0 Å². The second-order valence-corrected chi connectivity index (χ2v) is 7.93. The molecule has 3 aliphatic rings. The van der Waals surface area contributed by atoms with Gasteiger partial charge in [0.1, 0.15) is 6.10 Å². The van der Waals surface area contributed by atoms with Crippen LogP contribution in [0.25, 0.3) is 0 Å². The first-order valence-corrected chi connectivity index (χ1v) is 8.54. The van der Waals surface area contributed by atoms with Gasteiger partial charge >= 0.3 is 5.97 Å². The molecule has 1 saturated heterocycles. The molecular formula is C19H24O7. The van der Waals surface area contributed by atoms with Gasteiger partial charge in [-0.2, -0.15) is 0 Å². The molecule has 0 saturated carbocycles. The molecule has 7 heteroatoms. The molecule has 0 aromatic heterocycles. The maximum absolute atomic E-state index is 13.0. The highest BCUT2D eigenvalue weighted by Gasteiger charge is 2.58. The van der Waals surface area contributed by atoms with Crippen LogP contribution in [0.15, 0.2) is 34.3 Å². The van der Waals surface area contributed by atoms with Crippen molar-refractivity contribution in [2.75, 3.05) is 6.61 Å². The fourth-order valence-electron chi connectivity index (χ4n) is 3.87. The van der Waals surface area contributed by atoms with Gasteiger partial charge in [-0.15, -0.1) is 0 Å². The molecule has 2 N–H and O–H groups in total. The summed E-state index contributed by atoms with van der Waals surface area (Å²) in [5.74, 6) is -4.21. The molecule has 1 aliphatic carbocycles. The maximum Gasteiger partial charge on any atom is 0.377 e. The number of carbonyl (C=O) groups excluding carboxylic acids is 2. The van der Waals surface area contributed by atoms with Crippen LogP contribution < -0.4 is 0 Å². The van der Waals surface area contributed by atoms with Crippen LogP contribution in [0, 0.1) is 5.41 Å². The van der Waals surface area contributed by atoms with E-state index in [-0.39, 0.29) is 17.8 Å². The molecule has 7 nitrogen and oxygen atoms in total. The lowest BCUT2D eigenvalue weighted by molar-refractivity contribution is -0.199. The second-order valence-electron chi connectivity index (χ2n) is 7.93. The van der Waals surface area contributed by atoms with Crippen molar-refractivity contribution in [1.82, 2.24) is 0 Å². The molecule has 0 aromatic rings. The van der Waals surface area contributed by atoms with Crippen LogP contribution in [0.5, 0.6) is 0 Å². The summed E-state index contributed by atoms with van der Waals surface area (Å²) >= 11 is 0. The first-order chi connectivity index (χ1) is 12.0. The number of carbonyl (C=O) groups is 2. The Balaban J connectivity index is 1.92. The molecular weight excluding hydrogens is 340 g/mol. The number of Topliss-reactive ketones (excluding diaryl/α,β-unsaturated/α-hetero) is 1. The molecule has 2 heterocycles. The summed E-state index contributed by atoms with van der Waals surface area (Å²) in [6, 6.07) is 0. The minimum Gasteiger partial charge on any atom is -0.505 e. The zero-order valence-electron chi connectivity index (χ0n) is 15.6. The van der Waals surface area contributed by atoms with Gasteiger partial charge in [-0.05, 0) is 31.8 Å². The highest BCUT2D eigenvalue weighted by molar-refractivity contribution is 6.03. The third-order valence-corrected chi connectivity index (χ3v) is 5.03. The summed E-state index contributed by atoms with van der Waals surface area (Å²) in [6.45, 7) is 9.68. The first-order valence-electron chi connectivity index (χ1n) is 8.54. The summed E-state index contributed by atoms with van der Waals surface area (Å²) in [4.78, 5) is 24.4. The zero-order valence-corrected chi connectivity index (χ0v) is 15.6. The lowest BCUT2D eigenvalue weighted by Crippen LogP contribution is -2.49. The number of ether oxygens (including phenoxy) is 3. The Kier molecular flexibility index (Phi) is 4.28. The zero-order chi connectivity index (χ0) is 19.4. The smallest absolute Gasteiger partial charge is 0.377 e. The van der Waals surface area contributed by atoms with E-state index < -0.39 is 35.5 Å². The standard InChI is InChI=1S/C19H24O7/c1-9(2)6-11-10(3)16(22)19(8-18(11,4)5)24-7-12(26-19)15-13(20)14(21)17(23)25-15/h6,12,15,20-21H,7-8H2,1-5H3/t12-,15+,19?/m0/s1. The Labute approximate surface area is 151 Å². The van der Waals surface area contributed by atoms with Crippen LogP contribution >= 0.6 is 0 Å². The van der Waals surface area contributed by atoms with Gasteiger partial charge in [0, 0.05) is 12.0 Å². The van der Waals surface area contributed by atoms with E-state index in [0.29, 0.717) is 12.0 Å². The van der Waals surface area contributed by atoms with E-state index in [0.717, 1.165) is 11.1 Å². The van der Waals surface area contributed by atoms with E-state index in [1.807, 2.05) is 33.8 Å². The molecule has 1 fully saturated rings. The number of allylic oxidation sites excluding steroid dienone is 3. The first kappa shape index (κ1) is 18.7. The predicted molar refractivity (Wildman–Crippen MR) is 91.3 cm³/mol. The number of hydrogen-bond acceptors (Lipinski definition) is 7. The van der Waals surface area contributed by atoms with Crippen molar-refractivity contribution in [2.45, 2.75) is 59.0 Å². The Hall–Kier alpha value is -2.12. The van der Waals surface area contributed by atoms with Gasteiger partial charge in [-0.3, -0.25) is 4.79 Å². The van der Waals surface area contributed by atoms with E-state index >= 15 is 0 Å². The Bertz CT molecular complexity index is 767. The van der Waals surface area contributed by atoms with Gasteiger partial charge in [-0.25, -0.2) is 4.79 Å². The van der Waals surface area contributed by atoms with Gasteiger partial charge in [-0.1, -0.05) is 25.5 Å². The van der Waals surface area contributed by atoms with Crippen LogP contribution in [-0.2, 0) is 23.8 Å². The van der Waals surface area contributed by atoms with E-state index in [1.165, 1.54) is 0 Å². The van der Waals surface area contributed by atoms with Crippen molar-refractivity contribution < 1.29 is 34.0 Å². The van der Waals surface area contributed by atoms with Crippen molar-refractivity contribution in [1.29, 1.82) is 0 Å². The summed E-state index contributed by atoms with van der Waals surface area (Å²) in [5, 5.41) is 19.4. The van der Waals surface area contributed by atoms with Crippen LogP contribution in [-0.4, -0.2) is 46.6 Å². The maximum atomic E-state index is 13.0. The van der Waals surface area contributed by atoms with Gasteiger partial charge in [0.05, 0.1) is 6.61 Å². The van der Waals surface area contributed by atoms with Crippen molar-refractivity contribution in [3.05, 3.63) is 34.3 Å². The van der Waals surface area contributed by atoms with E-state index in [9.17, 15) is 19.8 Å². The fourth-order valence-corrected chi connectivity index (χ4v) is 3.87. The molecule has 26 heavy (non-hydrogen) atoms. The number of aliphatic hydroxyl groups excluding tert-OH is 2. The lowest BCUT2D eigenvalue weighted by atomic mass is 9.69. The number of rotatable bonds is 2. The van der Waals surface area contributed by atoms with E-state index in [4.69, 9.17) is 14.2 Å². The summed E-state index contributed by atoms with van der Waals surface area (Å²) < 4.78 is 16.6. The molecule has 1 spiro atoms. The predicted octanol–water partition coefficient (Wildman–Crippen LogP) is 2.63. The Morgan fingerprint density at radius 1 is 1.23 bits per heavy atom. The highest BCUT2D eigenvalue weighted by atomic mass is 16.8. The normalized spacial score (nSPS) is 33.9. The van der Waals surface area contributed by atoms with Crippen LogP contribution in [0.4, 0.5) is 0 Å². The third-order valence-electron chi connectivity index (χ3n) is 5.03. The summed E-state index contributed by atoms with van der Waals surface area (Å²) in [5.41, 5.74) is 2.22. The van der Waals surface area contributed by atoms with Crippen LogP contribution in [0.2, 0.25) is 0 Å². The molecule has 0 bridgehead atoms. The SMILES string of the molecule is CC(C)=CC1=C(C)C(=O)C2(CC1(C)C)OC[C@@H]([C@H]1OC(=O)C(O)=C1O)O2. The largest absolute Gasteiger partial charge is 0.505 e. The third kappa shape index (κ3) is 2.75. The average Bonchev–Trinajstić information content (AvgIpc) is 3.07. The average molecular weight is 364 g/mol. The molecule has 1 unspecified atom stereocenters. The molecule has 2 aliphatic heterocycles. The van der Waals surface area contributed by atoms with E-state index in [2.05, 4.69) is 0 Å². The molecule has 0 radical (unpaired) electrons. The van der Waals surface area contributed by atoms with Crippen molar-refractivity contribution >= 4 is 11.8 Å². The van der Waals surface area contributed by atoms with Gasteiger partial charge in [0.2, 0.25) is 17.3 Å². The van der Waals surface area contributed by atoms with Gasteiger partial charge in [0.25, 0.3) is 0 Å². The van der Waals surface area contributed by atoms with Gasteiger partial charge < -0.3 is 24.4 Å². The Morgan fingerprint density at radius 2 is 1.88 bits per heavy atom. The molecule has 142 valence electrons.